The summed E-state index contributed by atoms with van der Waals surface area (Å²) in [4.78, 5) is 112. The molecule has 4 rings (SSSR count). The van der Waals surface area contributed by atoms with Gasteiger partial charge in [-0.1, -0.05) is 30.3 Å². The molecule has 1 aliphatic carbocycles. The van der Waals surface area contributed by atoms with Gasteiger partial charge in [0.2, 0.25) is 35.2 Å². The Morgan fingerprint density at radius 3 is 1.91 bits per heavy atom. The van der Waals surface area contributed by atoms with E-state index >= 15 is 0 Å². The van der Waals surface area contributed by atoms with Crippen molar-refractivity contribution < 1.29 is 43.5 Å². The number of carboxylic acid groups (broad SMARTS) is 1. The van der Waals surface area contributed by atoms with Crippen molar-refractivity contribution in [1.29, 1.82) is 0 Å². The summed E-state index contributed by atoms with van der Waals surface area (Å²) in [7, 11) is 0. The Morgan fingerprint density at radius 2 is 1.30 bits per heavy atom. The number of carbonyl (C=O) groups is 8. The first-order valence-electron chi connectivity index (χ1n) is 17.8. The molecule has 1 saturated heterocycles. The van der Waals surface area contributed by atoms with Crippen LogP contribution >= 0.6 is 0 Å². The summed E-state index contributed by atoms with van der Waals surface area (Å²) in [5, 5.41) is 18.9. The van der Waals surface area contributed by atoms with E-state index in [0.29, 0.717) is 17.5 Å². The van der Waals surface area contributed by atoms with Gasteiger partial charge in [-0.3, -0.25) is 48.3 Å². The van der Waals surface area contributed by atoms with Gasteiger partial charge in [-0.05, 0) is 61.8 Å². The second kappa shape index (κ2) is 19.5. The van der Waals surface area contributed by atoms with E-state index in [-0.39, 0.29) is 80.3 Å². The summed E-state index contributed by atoms with van der Waals surface area (Å²) in [6.45, 7) is -0.766. The second-order valence-corrected chi connectivity index (χ2v) is 13.0. The molecule has 2 aliphatic rings. The number of likely N-dealkylation sites (tertiary alicyclic amines) is 1. The van der Waals surface area contributed by atoms with E-state index in [1.807, 2.05) is 0 Å². The number of aliphatic carboxylic acids is 1. The van der Waals surface area contributed by atoms with Crippen LogP contribution in [0.2, 0.25) is 0 Å². The lowest BCUT2D eigenvalue weighted by atomic mass is 9.83. The number of carboxylic acids is 1. The highest BCUT2D eigenvalue weighted by Crippen LogP contribution is 2.34. The van der Waals surface area contributed by atoms with Crippen LogP contribution in [0, 0.1) is 0 Å². The number of carbonyl (C=O) groups excluding carboxylic acids is 7. The van der Waals surface area contributed by atoms with Crippen LogP contribution < -0.4 is 44.2 Å². The zero-order chi connectivity index (χ0) is 40.9. The Bertz CT molecular complexity index is 1940. The maximum Gasteiger partial charge on any atom is 0.322 e. The van der Waals surface area contributed by atoms with Crippen LogP contribution in [-0.2, 0) is 24.0 Å². The molecule has 0 spiro atoms. The molecule has 1 aliphatic heterocycles. The first-order valence-corrected chi connectivity index (χ1v) is 17.8. The SMILES string of the molecule is NC(N)=NCCCC(NC(=O)c1ccc2c(c1)C(=O)C(=O)c1ccccc1-2)C(=O)NCC(=O)N1CCCC1C(=O)NC(CCCN=C(N)N)C(=O)NCC(=O)O. The molecule has 2 aromatic carbocycles. The summed E-state index contributed by atoms with van der Waals surface area (Å²) in [6, 6.07) is 7.61. The molecule has 1 fully saturated rings. The summed E-state index contributed by atoms with van der Waals surface area (Å²) in [5.41, 5.74) is 22.9. The van der Waals surface area contributed by atoms with Crippen LogP contribution in [0.4, 0.5) is 0 Å². The topological polar surface area (TPSA) is 337 Å². The third kappa shape index (κ3) is 11.1. The Morgan fingerprint density at radius 1 is 0.750 bits per heavy atom. The van der Waals surface area contributed by atoms with Crippen LogP contribution in [0.25, 0.3) is 11.1 Å². The molecule has 0 saturated carbocycles. The van der Waals surface area contributed by atoms with Crippen molar-refractivity contribution in [2.24, 2.45) is 32.9 Å². The number of fused-ring (bicyclic) bond motifs is 3. The third-order valence-electron chi connectivity index (χ3n) is 9.04. The van der Waals surface area contributed by atoms with Gasteiger partial charge in [-0.15, -0.1) is 0 Å². The van der Waals surface area contributed by atoms with Crippen molar-refractivity contribution in [2.45, 2.75) is 56.7 Å². The van der Waals surface area contributed by atoms with Gasteiger partial charge in [0.25, 0.3) is 5.91 Å². The number of ketones is 2. The standard InChI is InChI=1S/C36H45N11O9/c37-35(38)41-13-3-8-24(45-31(53)19-11-12-21-20-6-1-2-7-22(20)29(51)30(52)23(21)16-19)32(54)43-17-27(48)47-15-5-10-26(47)34(56)46-25(9-4-14-42-36(39)40)33(55)44-18-28(49)50/h1-2,6-7,11-12,16,24-26H,3-5,8-10,13-15,17-18H2,(H,43,54)(H,44,55)(H,45,53)(H,46,56)(H,49,50)(H4,37,38,41)(H4,39,40,42). The van der Waals surface area contributed by atoms with Crippen LogP contribution in [-0.4, -0.2) is 120 Å². The maximum absolute atomic E-state index is 13.5. The van der Waals surface area contributed by atoms with Crippen LogP contribution in [0.15, 0.2) is 52.4 Å². The van der Waals surface area contributed by atoms with Gasteiger partial charge in [0.05, 0.1) is 6.54 Å². The number of benzene rings is 2. The lowest BCUT2D eigenvalue weighted by molar-refractivity contribution is -0.140. The maximum atomic E-state index is 13.5. The molecule has 5 amide bonds. The van der Waals surface area contributed by atoms with Crippen molar-refractivity contribution in [1.82, 2.24) is 26.2 Å². The molecule has 2 aromatic rings. The Hall–Kier alpha value is -6.86. The van der Waals surface area contributed by atoms with Gasteiger partial charge in [-0.25, -0.2) is 0 Å². The molecule has 0 bridgehead atoms. The molecule has 298 valence electrons. The zero-order valence-electron chi connectivity index (χ0n) is 30.4. The number of hydrogen-bond acceptors (Lipinski definition) is 10. The molecular formula is C36H45N11O9. The molecule has 20 heteroatoms. The monoisotopic (exact) mass is 775 g/mol. The largest absolute Gasteiger partial charge is 0.480 e. The number of hydrogen-bond donors (Lipinski definition) is 9. The lowest BCUT2D eigenvalue weighted by Crippen LogP contribution is -2.55. The first-order chi connectivity index (χ1) is 26.7. The molecule has 13 N–H and O–H groups in total. The smallest absolute Gasteiger partial charge is 0.322 e. The van der Waals surface area contributed by atoms with Crippen molar-refractivity contribution >= 4 is 59.0 Å². The van der Waals surface area contributed by atoms with Crippen molar-refractivity contribution in [3.05, 3.63) is 59.2 Å². The molecule has 56 heavy (non-hydrogen) atoms. The number of rotatable bonds is 18. The molecule has 0 radical (unpaired) electrons. The van der Waals surface area contributed by atoms with Gasteiger partial charge >= 0.3 is 5.97 Å². The molecule has 20 nitrogen and oxygen atoms in total. The van der Waals surface area contributed by atoms with E-state index < -0.39 is 78.3 Å². The van der Waals surface area contributed by atoms with Gasteiger partial charge in [0.1, 0.15) is 24.7 Å². The van der Waals surface area contributed by atoms with Crippen molar-refractivity contribution in [3.8, 4) is 11.1 Å². The van der Waals surface area contributed by atoms with Crippen LogP contribution in [0.5, 0.6) is 0 Å². The summed E-state index contributed by atoms with van der Waals surface area (Å²) < 4.78 is 0. The molecule has 3 unspecified atom stereocenters. The van der Waals surface area contributed by atoms with E-state index in [4.69, 9.17) is 28.0 Å². The molecular weight excluding hydrogens is 730 g/mol. The van der Waals surface area contributed by atoms with E-state index in [9.17, 15) is 38.4 Å². The minimum absolute atomic E-state index is 0.0134. The number of amides is 5. The average molecular weight is 776 g/mol. The summed E-state index contributed by atoms with van der Waals surface area (Å²) in [5.74, 6) is -6.56. The van der Waals surface area contributed by atoms with E-state index in [0.717, 1.165) is 0 Å². The van der Waals surface area contributed by atoms with Gasteiger partial charge in [0, 0.05) is 36.3 Å². The fraction of sp³-hybridized carbons (Fsp3) is 0.389. The number of guanidine groups is 2. The third-order valence-corrected chi connectivity index (χ3v) is 9.04. The normalized spacial score (nSPS) is 15.3. The minimum Gasteiger partial charge on any atom is -0.480 e. The lowest BCUT2D eigenvalue weighted by Gasteiger charge is -2.27. The molecule has 1 heterocycles. The second-order valence-electron chi connectivity index (χ2n) is 13.0. The first kappa shape index (κ1) is 41.9. The fourth-order valence-electron chi connectivity index (χ4n) is 6.33. The average Bonchev–Trinajstić information content (AvgIpc) is 3.67. The number of nitrogens with zero attached hydrogens (tertiary/aromatic N) is 3. The van der Waals surface area contributed by atoms with Crippen molar-refractivity contribution in [3.63, 3.8) is 0 Å². The van der Waals surface area contributed by atoms with E-state index in [1.165, 1.54) is 17.0 Å². The number of Topliss-reactive ketones (excluding diaryl/α,β-unsaturated/α-hetero) is 2. The van der Waals surface area contributed by atoms with Gasteiger partial charge in [0.15, 0.2) is 11.9 Å². The number of aliphatic imine (C=N–C) groups is 2. The van der Waals surface area contributed by atoms with Crippen LogP contribution in [0.3, 0.4) is 0 Å². The zero-order valence-corrected chi connectivity index (χ0v) is 30.4. The Kier molecular flexibility index (Phi) is 14.6. The van der Waals surface area contributed by atoms with Crippen LogP contribution in [0.1, 0.15) is 69.6 Å². The summed E-state index contributed by atoms with van der Waals surface area (Å²) >= 11 is 0. The molecule has 0 aromatic heterocycles. The number of nitrogens with one attached hydrogen (secondary N) is 4. The number of nitrogens with two attached hydrogens (primary N) is 4. The Balaban J connectivity index is 1.42. The highest BCUT2D eigenvalue weighted by Gasteiger charge is 2.36. The quantitative estimate of drug-likeness (QED) is 0.0334. The Labute approximate surface area is 320 Å². The molecule has 3 atom stereocenters. The summed E-state index contributed by atoms with van der Waals surface area (Å²) in [6.07, 6.45) is 1.33. The van der Waals surface area contributed by atoms with Gasteiger partial charge < -0.3 is 54.2 Å². The van der Waals surface area contributed by atoms with E-state index in [1.54, 1.807) is 30.3 Å². The fourth-order valence-corrected chi connectivity index (χ4v) is 6.33. The predicted octanol–water partition coefficient (Wildman–Crippen LogP) is -2.27. The highest BCUT2D eigenvalue weighted by atomic mass is 16.4. The van der Waals surface area contributed by atoms with Gasteiger partial charge in [-0.2, -0.15) is 0 Å². The van der Waals surface area contributed by atoms with E-state index in [2.05, 4.69) is 31.3 Å². The predicted molar refractivity (Wildman–Crippen MR) is 202 cm³/mol. The van der Waals surface area contributed by atoms with Crippen molar-refractivity contribution in [2.75, 3.05) is 32.7 Å². The minimum atomic E-state index is -1.28. The highest BCUT2D eigenvalue weighted by molar-refractivity contribution is 6.53.